The molecule has 0 aliphatic rings. The van der Waals surface area contributed by atoms with E-state index in [0.717, 1.165) is 6.08 Å². The first-order valence-corrected chi connectivity index (χ1v) is 4.12. The van der Waals surface area contributed by atoms with Crippen molar-refractivity contribution in [2.45, 2.75) is 18.9 Å². The van der Waals surface area contributed by atoms with Crippen molar-refractivity contribution >= 4 is 34.8 Å². The Kier molecular flexibility index (Phi) is 8.54. The predicted molar refractivity (Wildman–Crippen MR) is 61.4 cm³/mol. The summed E-state index contributed by atoms with van der Waals surface area (Å²) in [6, 6.07) is -1.10. The molecule has 0 rings (SSSR count). The second-order valence-electron chi connectivity index (χ2n) is 2.79. The third-order valence-electron chi connectivity index (χ3n) is 1.64. The molecule has 0 aromatic heterocycles. The van der Waals surface area contributed by atoms with Crippen LogP contribution in [0.1, 0.15) is 12.8 Å². The smallest absolute Gasteiger partial charge is 0.303 e. The van der Waals surface area contributed by atoms with Crippen molar-refractivity contribution in [2.75, 3.05) is 0 Å². The molecule has 0 aliphatic carbocycles. The number of aliphatic carboxylic acids is 1. The summed E-state index contributed by atoms with van der Waals surface area (Å²) in [6.45, 7) is 3.14. The number of hydrazine groups is 1. The first-order chi connectivity index (χ1) is 6.90. The zero-order chi connectivity index (χ0) is 12.0. The molecule has 0 bridgehead atoms. The Hall–Kier alpha value is -1.25. The molecule has 0 saturated carbocycles. The van der Waals surface area contributed by atoms with Crippen molar-refractivity contribution in [1.29, 1.82) is 0 Å². The quantitative estimate of drug-likeness (QED) is 0.263. The van der Waals surface area contributed by atoms with Crippen LogP contribution in [0, 0.1) is 0 Å². The van der Waals surface area contributed by atoms with Crippen LogP contribution in [0.25, 0.3) is 0 Å². The Bertz CT molecular complexity index is 295. The van der Waals surface area contributed by atoms with E-state index in [4.69, 9.17) is 16.7 Å². The number of imide groups is 1. The first-order valence-electron chi connectivity index (χ1n) is 4.12. The molecule has 7 nitrogen and oxygen atoms in total. The van der Waals surface area contributed by atoms with E-state index in [1.54, 1.807) is 0 Å². The van der Waals surface area contributed by atoms with Crippen molar-refractivity contribution in [3.8, 4) is 0 Å². The van der Waals surface area contributed by atoms with Crippen LogP contribution in [-0.2, 0) is 14.4 Å². The van der Waals surface area contributed by atoms with E-state index in [9.17, 15) is 14.4 Å². The lowest BCUT2D eigenvalue weighted by molar-refractivity contribution is -0.143. The lowest BCUT2D eigenvalue weighted by atomic mass is 10.1. The van der Waals surface area contributed by atoms with Gasteiger partial charge in [0.25, 0.3) is 11.8 Å². The Labute approximate surface area is 103 Å². The van der Waals surface area contributed by atoms with Crippen LogP contribution in [0.15, 0.2) is 12.7 Å². The van der Waals surface area contributed by atoms with Gasteiger partial charge in [-0.15, -0.1) is 17.0 Å². The van der Waals surface area contributed by atoms with Crippen molar-refractivity contribution < 1.29 is 19.5 Å². The summed E-state index contributed by atoms with van der Waals surface area (Å²) in [5.41, 5.74) is 5.34. The van der Waals surface area contributed by atoms with Gasteiger partial charge in [0.2, 0.25) is 0 Å². The van der Waals surface area contributed by atoms with Crippen LogP contribution in [0.2, 0.25) is 0 Å². The second kappa shape index (κ2) is 7.97. The summed E-state index contributed by atoms with van der Waals surface area (Å²) < 4.78 is 0. The summed E-state index contributed by atoms with van der Waals surface area (Å²) in [5.74, 6) is 2.42. The number of carboxylic acid groups (broad SMARTS) is 1. The van der Waals surface area contributed by atoms with Gasteiger partial charge < -0.3 is 10.8 Å². The van der Waals surface area contributed by atoms with E-state index in [1.807, 2.05) is 0 Å². The first kappa shape index (κ1) is 17.2. The molecule has 0 fully saturated rings. The topological polar surface area (TPSA) is 127 Å². The Morgan fingerprint density at radius 3 is 2.31 bits per heavy atom. The molecule has 0 unspecified atom stereocenters. The van der Waals surface area contributed by atoms with E-state index in [1.165, 1.54) is 0 Å². The minimum absolute atomic E-state index is 0. The van der Waals surface area contributed by atoms with Gasteiger partial charge >= 0.3 is 5.97 Å². The third-order valence-corrected chi connectivity index (χ3v) is 1.64. The summed E-state index contributed by atoms with van der Waals surface area (Å²) in [7, 11) is 0. The molecule has 2 amide bonds. The highest BCUT2D eigenvalue weighted by Gasteiger charge is 2.22. The zero-order valence-corrected chi connectivity index (χ0v) is 10.2. The number of hydrogen-bond donors (Lipinski definition) is 3. The molecule has 0 spiro atoms. The molecule has 0 heterocycles. The van der Waals surface area contributed by atoms with Crippen molar-refractivity contribution in [3.05, 3.63) is 12.7 Å². The molecule has 5 N–H and O–H groups in total. The van der Waals surface area contributed by atoms with E-state index >= 15 is 0 Å². The minimum Gasteiger partial charge on any atom is -0.481 e. The Morgan fingerprint density at radius 2 is 1.94 bits per heavy atom. The average Bonchev–Trinajstić information content (AvgIpc) is 2.22. The summed E-state index contributed by atoms with van der Waals surface area (Å²) in [4.78, 5) is 32.3. The maximum atomic E-state index is 11.3. The van der Waals surface area contributed by atoms with Gasteiger partial charge in [0.1, 0.15) is 0 Å². The van der Waals surface area contributed by atoms with Gasteiger partial charge in [0.05, 0.1) is 6.04 Å². The molecule has 0 aromatic rings. The molecule has 0 saturated heterocycles. The number of halogens is 1. The van der Waals surface area contributed by atoms with Gasteiger partial charge in [-0.05, 0) is 12.5 Å². The number of rotatable bonds is 5. The van der Waals surface area contributed by atoms with Gasteiger partial charge in [-0.1, -0.05) is 6.58 Å². The molecule has 92 valence electrons. The molecular weight excluding hydrogens is 282 g/mol. The fourth-order valence-corrected chi connectivity index (χ4v) is 0.788. The SMILES string of the molecule is Br.C=CC(=O)N(N)C(=O)[C@@H](N)CCC(=O)O. The Morgan fingerprint density at radius 1 is 1.44 bits per heavy atom. The van der Waals surface area contributed by atoms with Crippen LogP contribution in [-0.4, -0.2) is 33.9 Å². The van der Waals surface area contributed by atoms with Crippen molar-refractivity contribution in [3.63, 3.8) is 0 Å². The molecule has 0 aliphatic heterocycles. The summed E-state index contributed by atoms with van der Waals surface area (Å²) in [6.07, 6.45) is 0.525. The molecule has 16 heavy (non-hydrogen) atoms. The number of carbonyl (C=O) groups excluding carboxylic acids is 2. The van der Waals surface area contributed by atoms with Crippen LogP contribution < -0.4 is 11.6 Å². The monoisotopic (exact) mass is 295 g/mol. The fraction of sp³-hybridized carbons (Fsp3) is 0.375. The van der Waals surface area contributed by atoms with E-state index in [2.05, 4.69) is 6.58 Å². The third kappa shape index (κ3) is 5.59. The van der Waals surface area contributed by atoms with Gasteiger partial charge in [-0.2, -0.15) is 0 Å². The van der Waals surface area contributed by atoms with E-state index in [-0.39, 0.29) is 29.8 Å². The highest BCUT2D eigenvalue weighted by Crippen LogP contribution is 1.98. The van der Waals surface area contributed by atoms with Gasteiger partial charge in [-0.25, -0.2) is 10.9 Å². The average molecular weight is 296 g/mol. The maximum absolute atomic E-state index is 11.3. The summed E-state index contributed by atoms with van der Waals surface area (Å²) in [5, 5.41) is 8.66. The lowest BCUT2D eigenvalue weighted by Crippen LogP contribution is -2.50. The van der Waals surface area contributed by atoms with Crippen LogP contribution in [0.4, 0.5) is 0 Å². The van der Waals surface area contributed by atoms with Crippen LogP contribution >= 0.6 is 17.0 Å². The molecular formula is C8H14BrN3O4. The molecule has 0 radical (unpaired) electrons. The van der Waals surface area contributed by atoms with Gasteiger partial charge in [0.15, 0.2) is 0 Å². The number of carboxylic acids is 1. The standard InChI is InChI=1S/C8H13N3O4.BrH/c1-2-6(12)11(10)8(15)5(9)3-4-7(13)14;/h2,5H,1,3-4,9-10H2,(H,13,14);1H/t5-;/m0./s1. The van der Waals surface area contributed by atoms with E-state index < -0.39 is 23.8 Å². The number of amides is 2. The highest BCUT2D eigenvalue weighted by atomic mass is 79.9. The Balaban J connectivity index is 0. The second-order valence-corrected chi connectivity index (χ2v) is 2.79. The molecule has 8 heteroatoms. The zero-order valence-electron chi connectivity index (χ0n) is 8.46. The van der Waals surface area contributed by atoms with Crippen molar-refractivity contribution in [1.82, 2.24) is 5.01 Å². The lowest BCUT2D eigenvalue weighted by Gasteiger charge is -2.16. The fourth-order valence-electron chi connectivity index (χ4n) is 0.788. The molecule has 0 aromatic carbocycles. The highest BCUT2D eigenvalue weighted by molar-refractivity contribution is 8.93. The number of nitrogens with two attached hydrogens (primary N) is 2. The van der Waals surface area contributed by atoms with E-state index in [0.29, 0.717) is 5.01 Å². The van der Waals surface area contributed by atoms with Crippen LogP contribution in [0.5, 0.6) is 0 Å². The largest absolute Gasteiger partial charge is 0.481 e. The van der Waals surface area contributed by atoms with Crippen LogP contribution in [0.3, 0.4) is 0 Å². The van der Waals surface area contributed by atoms with Crippen molar-refractivity contribution in [2.24, 2.45) is 11.6 Å². The van der Waals surface area contributed by atoms with Gasteiger partial charge in [0, 0.05) is 6.42 Å². The number of carbonyl (C=O) groups is 3. The summed E-state index contributed by atoms with van der Waals surface area (Å²) >= 11 is 0. The predicted octanol–water partition coefficient (Wildman–Crippen LogP) is -0.829. The minimum atomic E-state index is -1.10. The number of hydrogen-bond acceptors (Lipinski definition) is 5. The molecule has 1 atom stereocenters. The van der Waals surface area contributed by atoms with Gasteiger partial charge in [-0.3, -0.25) is 14.4 Å². The number of nitrogens with zero attached hydrogens (tertiary/aromatic N) is 1. The normalized spacial score (nSPS) is 10.9. The maximum Gasteiger partial charge on any atom is 0.303 e.